The molecule has 1 amide bonds. The van der Waals surface area contributed by atoms with E-state index in [1.54, 1.807) is 6.07 Å². The Balaban J connectivity index is 1.80. The molecule has 9 heteroatoms. The lowest BCUT2D eigenvalue weighted by Crippen LogP contribution is -2.38. The standard InChI is InChI=1S/C21H24N6O3/c1-3-25(4-2)20(16-8-6-5-7-9-16)13-23-21(28)17-10-11-18(19(12-17)27(29)30)26-15-22-14-24-26/h5-12,14-15,20H,3-4,13H2,1-2H3,(H,23,28). The van der Waals surface area contributed by atoms with Gasteiger partial charge in [-0.25, -0.2) is 9.67 Å². The number of nitro groups is 1. The Hall–Kier alpha value is -3.59. The van der Waals surface area contributed by atoms with Crippen LogP contribution in [-0.4, -0.2) is 50.1 Å². The van der Waals surface area contributed by atoms with Crippen LogP contribution >= 0.6 is 0 Å². The zero-order valence-electron chi connectivity index (χ0n) is 16.9. The molecule has 0 aliphatic heterocycles. The van der Waals surface area contributed by atoms with Crippen LogP contribution in [0.15, 0.2) is 61.2 Å². The van der Waals surface area contributed by atoms with Crippen LogP contribution < -0.4 is 5.32 Å². The third-order valence-corrected chi connectivity index (χ3v) is 4.99. The van der Waals surface area contributed by atoms with Gasteiger partial charge in [0.2, 0.25) is 0 Å². The van der Waals surface area contributed by atoms with E-state index in [1.807, 2.05) is 30.3 Å². The van der Waals surface area contributed by atoms with Crippen LogP contribution in [0.25, 0.3) is 5.69 Å². The Morgan fingerprint density at radius 1 is 1.20 bits per heavy atom. The summed E-state index contributed by atoms with van der Waals surface area (Å²) >= 11 is 0. The SMILES string of the molecule is CCN(CC)C(CNC(=O)c1ccc(-n2cncn2)c([N+](=O)[O-])c1)c1ccccc1. The molecule has 1 unspecified atom stereocenters. The fraction of sp³-hybridized carbons (Fsp3) is 0.286. The Kier molecular flexibility index (Phi) is 6.87. The maximum absolute atomic E-state index is 12.8. The van der Waals surface area contributed by atoms with Crippen molar-refractivity contribution >= 4 is 11.6 Å². The molecule has 1 N–H and O–H groups in total. The van der Waals surface area contributed by atoms with Gasteiger partial charge in [-0.15, -0.1) is 0 Å². The van der Waals surface area contributed by atoms with Crippen LogP contribution in [-0.2, 0) is 0 Å². The van der Waals surface area contributed by atoms with Crippen LogP contribution in [0.5, 0.6) is 0 Å². The summed E-state index contributed by atoms with van der Waals surface area (Å²) in [5.41, 5.74) is 1.36. The predicted molar refractivity (Wildman–Crippen MR) is 112 cm³/mol. The number of hydrogen-bond acceptors (Lipinski definition) is 6. The number of likely N-dealkylation sites (N-methyl/N-ethyl adjacent to an activating group) is 1. The zero-order chi connectivity index (χ0) is 21.5. The van der Waals surface area contributed by atoms with Gasteiger partial charge < -0.3 is 5.32 Å². The number of nitrogens with one attached hydrogen (secondary N) is 1. The van der Waals surface area contributed by atoms with Crippen LogP contribution in [0.3, 0.4) is 0 Å². The summed E-state index contributed by atoms with van der Waals surface area (Å²) in [5, 5.41) is 18.4. The summed E-state index contributed by atoms with van der Waals surface area (Å²) in [4.78, 5) is 29.8. The minimum absolute atomic E-state index is 0.00885. The highest BCUT2D eigenvalue weighted by atomic mass is 16.6. The van der Waals surface area contributed by atoms with Crippen molar-refractivity contribution in [2.75, 3.05) is 19.6 Å². The number of nitrogens with zero attached hydrogens (tertiary/aromatic N) is 5. The van der Waals surface area contributed by atoms with Gasteiger partial charge in [0, 0.05) is 18.2 Å². The van der Waals surface area contributed by atoms with Gasteiger partial charge in [-0.05, 0) is 30.8 Å². The summed E-state index contributed by atoms with van der Waals surface area (Å²) < 4.78 is 1.30. The molecule has 1 heterocycles. The summed E-state index contributed by atoms with van der Waals surface area (Å²) in [7, 11) is 0. The van der Waals surface area contributed by atoms with E-state index >= 15 is 0 Å². The average Bonchev–Trinajstić information content (AvgIpc) is 3.31. The molecule has 0 bridgehead atoms. The van der Waals surface area contributed by atoms with E-state index in [2.05, 4.69) is 34.1 Å². The van der Waals surface area contributed by atoms with Crippen molar-refractivity contribution in [2.24, 2.45) is 0 Å². The van der Waals surface area contributed by atoms with E-state index < -0.39 is 4.92 Å². The molecule has 30 heavy (non-hydrogen) atoms. The molecule has 0 radical (unpaired) electrons. The molecular formula is C21H24N6O3. The van der Waals surface area contributed by atoms with Gasteiger partial charge in [-0.1, -0.05) is 44.2 Å². The predicted octanol–water partition coefficient (Wildman–Crippen LogP) is 2.99. The van der Waals surface area contributed by atoms with Crippen molar-refractivity contribution in [2.45, 2.75) is 19.9 Å². The number of aromatic nitrogens is 3. The first kappa shape index (κ1) is 21.1. The molecule has 0 saturated heterocycles. The van der Waals surface area contributed by atoms with Crippen LogP contribution in [0.1, 0.15) is 35.8 Å². The normalized spacial score (nSPS) is 12.0. The fourth-order valence-electron chi connectivity index (χ4n) is 3.43. The number of nitro benzene ring substituents is 1. The molecule has 0 spiro atoms. The highest BCUT2D eigenvalue weighted by Crippen LogP contribution is 2.24. The number of benzene rings is 2. The molecule has 1 atom stereocenters. The molecular weight excluding hydrogens is 384 g/mol. The Labute approximate surface area is 174 Å². The summed E-state index contributed by atoms with van der Waals surface area (Å²) in [5.74, 6) is -0.365. The zero-order valence-corrected chi connectivity index (χ0v) is 16.9. The van der Waals surface area contributed by atoms with Crippen LogP contribution in [0.4, 0.5) is 5.69 Å². The van der Waals surface area contributed by atoms with Gasteiger partial charge in [0.15, 0.2) is 0 Å². The van der Waals surface area contributed by atoms with Crippen molar-refractivity contribution in [1.82, 2.24) is 25.0 Å². The second-order valence-electron chi connectivity index (χ2n) is 6.66. The lowest BCUT2D eigenvalue weighted by atomic mass is 10.0. The monoisotopic (exact) mass is 408 g/mol. The van der Waals surface area contributed by atoms with E-state index in [1.165, 1.54) is 29.5 Å². The van der Waals surface area contributed by atoms with Crippen LogP contribution in [0.2, 0.25) is 0 Å². The average molecular weight is 408 g/mol. The maximum Gasteiger partial charge on any atom is 0.295 e. The number of rotatable bonds is 9. The van der Waals surface area contributed by atoms with Crippen molar-refractivity contribution in [3.63, 3.8) is 0 Å². The van der Waals surface area contributed by atoms with E-state index in [4.69, 9.17) is 0 Å². The van der Waals surface area contributed by atoms with Gasteiger partial charge in [-0.3, -0.25) is 19.8 Å². The first-order valence-electron chi connectivity index (χ1n) is 9.75. The maximum atomic E-state index is 12.8. The largest absolute Gasteiger partial charge is 0.350 e. The van der Waals surface area contributed by atoms with Crippen molar-refractivity contribution < 1.29 is 9.72 Å². The van der Waals surface area contributed by atoms with E-state index in [9.17, 15) is 14.9 Å². The third-order valence-electron chi connectivity index (χ3n) is 4.99. The molecule has 1 aromatic heterocycles. The van der Waals surface area contributed by atoms with E-state index in [0.29, 0.717) is 6.54 Å². The lowest BCUT2D eigenvalue weighted by molar-refractivity contribution is -0.384. The summed E-state index contributed by atoms with van der Waals surface area (Å²) in [6, 6.07) is 14.3. The minimum Gasteiger partial charge on any atom is -0.350 e. The second kappa shape index (κ2) is 9.75. The molecule has 156 valence electrons. The molecule has 2 aromatic carbocycles. The molecule has 3 aromatic rings. The van der Waals surface area contributed by atoms with Crippen LogP contribution in [0, 0.1) is 10.1 Å². The third kappa shape index (κ3) is 4.69. The number of hydrogen-bond donors (Lipinski definition) is 1. The van der Waals surface area contributed by atoms with Crippen molar-refractivity contribution in [1.29, 1.82) is 0 Å². The van der Waals surface area contributed by atoms with Gasteiger partial charge >= 0.3 is 0 Å². The minimum atomic E-state index is -0.531. The molecule has 9 nitrogen and oxygen atoms in total. The van der Waals surface area contributed by atoms with Gasteiger partial charge in [0.05, 0.1) is 11.0 Å². The lowest BCUT2D eigenvalue weighted by Gasteiger charge is -2.30. The molecule has 0 saturated carbocycles. The first-order valence-corrected chi connectivity index (χ1v) is 9.75. The summed E-state index contributed by atoms with van der Waals surface area (Å²) in [6.45, 7) is 6.22. The molecule has 3 rings (SSSR count). The Morgan fingerprint density at radius 3 is 2.53 bits per heavy atom. The quantitative estimate of drug-likeness (QED) is 0.431. The van der Waals surface area contributed by atoms with Gasteiger partial charge in [-0.2, -0.15) is 5.10 Å². The van der Waals surface area contributed by atoms with Gasteiger partial charge in [0.25, 0.3) is 11.6 Å². The first-order chi connectivity index (χ1) is 14.5. The molecule has 0 aliphatic carbocycles. The highest BCUT2D eigenvalue weighted by molar-refractivity contribution is 5.95. The van der Waals surface area contributed by atoms with Crippen molar-refractivity contribution in [3.05, 3.63) is 82.4 Å². The Bertz CT molecular complexity index is 987. The summed E-state index contributed by atoms with van der Waals surface area (Å²) in [6.07, 6.45) is 2.66. The topological polar surface area (TPSA) is 106 Å². The van der Waals surface area contributed by atoms with E-state index in [0.717, 1.165) is 18.7 Å². The van der Waals surface area contributed by atoms with Gasteiger partial charge in [0.1, 0.15) is 18.3 Å². The number of carbonyl (C=O) groups is 1. The highest BCUT2D eigenvalue weighted by Gasteiger charge is 2.22. The fourth-order valence-corrected chi connectivity index (χ4v) is 3.43. The Morgan fingerprint density at radius 2 is 1.93 bits per heavy atom. The smallest absolute Gasteiger partial charge is 0.295 e. The van der Waals surface area contributed by atoms with E-state index in [-0.39, 0.29) is 28.9 Å². The number of amides is 1. The molecule has 0 aliphatic rings. The second-order valence-corrected chi connectivity index (χ2v) is 6.66. The molecule has 0 fully saturated rings. The number of carbonyl (C=O) groups excluding carboxylic acids is 1. The van der Waals surface area contributed by atoms with Crippen molar-refractivity contribution in [3.8, 4) is 5.69 Å².